The van der Waals surface area contributed by atoms with Crippen LogP contribution >= 0.6 is 0 Å². The van der Waals surface area contributed by atoms with E-state index < -0.39 is 0 Å². The number of rotatable bonds is 9. The monoisotopic (exact) mass is 410 g/mol. The molecule has 1 aliphatic carbocycles. The topological polar surface area (TPSA) is 87.5 Å². The quantitative estimate of drug-likeness (QED) is 0.664. The lowest BCUT2D eigenvalue weighted by molar-refractivity contribution is -0.122. The van der Waals surface area contributed by atoms with Gasteiger partial charge in [-0.3, -0.25) is 14.5 Å². The van der Waals surface area contributed by atoms with Gasteiger partial charge in [-0.15, -0.1) is 0 Å². The predicted octanol–water partition coefficient (Wildman–Crippen LogP) is 2.66. The lowest BCUT2D eigenvalue weighted by Gasteiger charge is -2.30. The molecule has 7 nitrogen and oxygen atoms in total. The zero-order valence-corrected chi connectivity index (χ0v) is 17.5. The molecule has 2 N–H and O–H groups in total. The third-order valence-corrected chi connectivity index (χ3v) is 6.04. The van der Waals surface area contributed by atoms with Gasteiger partial charge in [0.05, 0.1) is 5.69 Å². The molecule has 1 aliphatic heterocycles. The molecule has 1 saturated carbocycles. The van der Waals surface area contributed by atoms with Gasteiger partial charge in [-0.05, 0) is 44.1 Å². The molecule has 2 heterocycles. The van der Waals surface area contributed by atoms with E-state index in [0.29, 0.717) is 25.2 Å². The summed E-state index contributed by atoms with van der Waals surface area (Å²) in [5, 5.41) is 9.81. The van der Waals surface area contributed by atoms with Crippen LogP contribution in [0.15, 0.2) is 40.9 Å². The second kappa shape index (κ2) is 9.43. The first kappa shape index (κ1) is 20.6. The average molecular weight is 411 g/mol. The number of amides is 2. The highest BCUT2D eigenvalue weighted by Gasteiger charge is 2.38. The van der Waals surface area contributed by atoms with E-state index in [9.17, 15) is 9.59 Å². The summed E-state index contributed by atoms with van der Waals surface area (Å²) in [6.45, 7) is 3.93. The molecule has 0 bridgehead atoms. The van der Waals surface area contributed by atoms with Crippen LogP contribution in [0, 0.1) is 12.8 Å². The van der Waals surface area contributed by atoms with Crippen LogP contribution in [0.2, 0.25) is 0 Å². The molecule has 30 heavy (non-hydrogen) atoms. The van der Waals surface area contributed by atoms with Gasteiger partial charge in [0.1, 0.15) is 0 Å². The van der Waals surface area contributed by atoms with Crippen molar-refractivity contribution in [3.63, 3.8) is 0 Å². The van der Waals surface area contributed by atoms with E-state index in [1.165, 1.54) is 12.8 Å². The Kier molecular flexibility index (Phi) is 6.47. The molecule has 2 aliphatic rings. The highest BCUT2D eigenvalue weighted by atomic mass is 16.5. The van der Waals surface area contributed by atoms with Crippen LogP contribution < -0.4 is 10.6 Å². The number of aryl methyl sites for hydroxylation is 1. The molecule has 1 aromatic heterocycles. The Hall–Kier alpha value is -2.67. The number of benzene rings is 1. The molecule has 2 fully saturated rings. The zero-order chi connectivity index (χ0) is 20.9. The predicted molar refractivity (Wildman–Crippen MR) is 113 cm³/mol. The van der Waals surface area contributed by atoms with Gasteiger partial charge in [0.25, 0.3) is 5.91 Å². The van der Waals surface area contributed by atoms with Crippen molar-refractivity contribution in [2.24, 2.45) is 5.92 Å². The highest BCUT2D eigenvalue weighted by Crippen LogP contribution is 2.35. The Morgan fingerprint density at radius 1 is 1.10 bits per heavy atom. The SMILES string of the molecule is Cc1cc(C(=O)NC[C@@H]2CC[C@H](CC(=O)NCc3ccccc3)N2CC2CC2)on1. The van der Waals surface area contributed by atoms with Crippen molar-refractivity contribution in [2.75, 3.05) is 13.1 Å². The number of nitrogens with zero attached hydrogens (tertiary/aromatic N) is 2. The van der Waals surface area contributed by atoms with Gasteiger partial charge < -0.3 is 15.2 Å². The summed E-state index contributed by atoms with van der Waals surface area (Å²) >= 11 is 0. The second-order valence-electron chi connectivity index (χ2n) is 8.53. The van der Waals surface area contributed by atoms with Crippen molar-refractivity contribution in [1.29, 1.82) is 0 Å². The summed E-state index contributed by atoms with van der Waals surface area (Å²) in [7, 11) is 0. The molecule has 1 saturated heterocycles. The molecule has 2 aromatic rings. The van der Waals surface area contributed by atoms with Crippen molar-refractivity contribution in [2.45, 2.75) is 57.7 Å². The minimum Gasteiger partial charge on any atom is -0.352 e. The zero-order valence-electron chi connectivity index (χ0n) is 17.5. The number of carbonyl (C=O) groups excluding carboxylic acids is 2. The van der Waals surface area contributed by atoms with Crippen LogP contribution in [-0.4, -0.2) is 47.0 Å². The molecule has 0 spiro atoms. The maximum absolute atomic E-state index is 12.6. The van der Waals surface area contributed by atoms with Crippen molar-refractivity contribution >= 4 is 11.8 Å². The maximum atomic E-state index is 12.6. The van der Waals surface area contributed by atoms with Gasteiger partial charge in [0.15, 0.2) is 0 Å². The fraction of sp³-hybridized carbons (Fsp3) is 0.522. The van der Waals surface area contributed by atoms with Crippen LogP contribution in [0.25, 0.3) is 0 Å². The van der Waals surface area contributed by atoms with E-state index in [0.717, 1.165) is 30.9 Å². The van der Waals surface area contributed by atoms with E-state index in [1.54, 1.807) is 13.0 Å². The maximum Gasteiger partial charge on any atom is 0.289 e. The summed E-state index contributed by atoms with van der Waals surface area (Å²) in [5.74, 6) is 0.835. The number of nitrogens with one attached hydrogen (secondary N) is 2. The van der Waals surface area contributed by atoms with Crippen molar-refractivity contribution < 1.29 is 14.1 Å². The third-order valence-electron chi connectivity index (χ3n) is 6.04. The standard InChI is InChI=1S/C23H30N4O3/c1-16-11-21(30-26-16)23(29)25-14-20-10-9-19(27(20)15-18-7-8-18)12-22(28)24-13-17-5-3-2-4-6-17/h2-6,11,18-20H,7-10,12-15H2,1H3,(H,24,28)(H,25,29)/t19-,20+/m1/s1. The molecular formula is C23H30N4O3. The highest BCUT2D eigenvalue weighted by molar-refractivity contribution is 5.91. The summed E-state index contributed by atoms with van der Waals surface area (Å²) in [4.78, 5) is 27.3. The second-order valence-corrected chi connectivity index (χ2v) is 8.53. The van der Waals surface area contributed by atoms with Gasteiger partial charge in [0.2, 0.25) is 11.7 Å². The number of hydrogen-bond donors (Lipinski definition) is 2. The Morgan fingerprint density at radius 2 is 1.87 bits per heavy atom. The molecule has 2 atom stereocenters. The van der Waals surface area contributed by atoms with Crippen molar-refractivity contribution in [3.8, 4) is 0 Å². The minimum atomic E-state index is -0.231. The first-order chi connectivity index (χ1) is 14.6. The minimum absolute atomic E-state index is 0.0893. The lowest BCUT2D eigenvalue weighted by Crippen LogP contribution is -2.45. The van der Waals surface area contributed by atoms with Crippen molar-refractivity contribution in [3.05, 3.63) is 53.4 Å². The van der Waals surface area contributed by atoms with Gasteiger partial charge in [-0.25, -0.2) is 0 Å². The molecule has 160 valence electrons. The molecule has 7 heteroatoms. The van der Waals surface area contributed by atoms with E-state index in [1.807, 2.05) is 30.3 Å². The largest absolute Gasteiger partial charge is 0.352 e. The lowest BCUT2D eigenvalue weighted by atomic mass is 10.1. The molecule has 0 unspecified atom stereocenters. The van der Waals surface area contributed by atoms with E-state index in [2.05, 4.69) is 20.7 Å². The number of aromatic nitrogens is 1. The van der Waals surface area contributed by atoms with Crippen LogP contribution in [-0.2, 0) is 11.3 Å². The summed E-state index contributed by atoms with van der Waals surface area (Å²) < 4.78 is 5.05. The fourth-order valence-electron chi connectivity index (χ4n) is 4.20. The Bertz CT molecular complexity index is 862. The Labute approximate surface area is 177 Å². The summed E-state index contributed by atoms with van der Waals surface area (Å²) in [6, 6.07) is 12.1. The fourth-order valence-corrected chi connectivity index (χ4v) is 4.20. The smallest absolute Gasteiger partial charge is 0.289 e. The van der Waals surface area contributed by atoms with E-state index in [-0.39, 0.29) is 29.7 Å². The first-order valence-electron chi connectivity index (χ1n) is 10.9. The molecule has 0 radical (unpaired) electrons. The van der Waals surface area contributed by atoms with Crippen molar-refractivity contribution in [1.82, 2.24) is 20.7 Å². The summed E-state index contributed by atoms with van der Waals surface area (Å²) in [6.07, 6.45) is 5.00. The Balaban J connectivity index is 1.29. The van der Waals surface area contributed by atoms with Gasteiger partial charge in [-0.2, -0.15) is 0 Å². The number of hydrogen-bond acceptors (Lipinski definition) is 5. The molecular weight excluding hydrogens is 380 g/mol. The summed E-state index contributed by atoms with van der Waals surface area (Å²) in [5.41, 5.74) is 1.80. The number of carbonyl (C=O) groups is 2. The first-order valence-corrected chi connectivity index (χ1v) is 10.9. The van der Waals surface area contributed by atoms with Gasteiger partial charge in [-0.1, -0.05) is 35.5 Å². The Morgan fingerprint density at radius 3 is 2.57 bits per heavy atom. The normalized spacial score (nSPS) is 21.5. The third kappa shape index (κ3) is 5.48. The van der Waals surface area contributed by atoms with Gasteiger partial charge >= 0.3 is 0 Å². The van der Waals surface area contributed by atoms with E-state index >= 15 is 0 Å². The van der Waals surface area contributed by atoms with Crippen LogP contribution in [0.5, 0.6) is 0 Å². The molecule has 4 rings (SSSR count). The van der Waals surface area contributed by atoms with Crippen LogP contribution in [0.3, 0.4) is 0 Å². The average Bonchev–Trinajstić information content (AvgIpc) is 3.35. The molecule has 2 amide bonds. The van der Waals surface area contributed by atoms with Gasteiger partial charge in [0, 0.05) is 44.2 Å². The van der Waals surface area contributed by atoms with E-state index in [4.69, 9.17) is 4.52 Å². The van der Waals surface area contributed by atoms with Crippen LogP contribution in [0.1, 0.15) is 53.9 Å². The van der Waals surface area contributed by atoms with Crippen LogP contribution in [0.4, 0.5) is 0 Å². The number of likely N-dealkylation sites (tertiary alicyclic amines) is 1. The molecule has 1 aromatic carbocycles.